The van der Waals surface area contributed by atoms with Crippen molar-refractivity contribution in [3.05, 3.63) is 47.8 Å². The molecule has 5 nitrogen and oxygen atoms in total. The second-order valence-corrected chi connectivity index (χ2v) is 5.90. The maximum absolute atomic E-state index is 14.0. The molecule has 1 N–H and O–H groups in total. The summed E-state index contributed by atoms with van der Waals surface area (Å²) < 4.78 is 14.0. The van der Waals surface area contributed by atoms with Crippen LogP contribution in [0.5, 0.6) is 0 Å². The molecule has 3 aromatic rings. The number of hydrogen-bond donors (Lipinski definition) is 1. The van der Waals surface area contributed by atoms with Crippen molar-refractivity contribution in [3.63, 3.8) is 0 Å². The van der Waals surface area contributed by atoms with E-state index in [1.165, 1.54) is 23.7 Å². The van der Waals surface area contributed by atoms with Gasteiger partial charge < -0.3 is 4.90 Å². The van der Waals surface area contributed by atoms with Crippen molar-refractivity contribution < 1.29 is 4.39 Å². The number of anilines is 1. The van der Waals surface area contributed by atoms with Crippen LogP contribution in [0.2, 0.25) is 0 Å². The van der Waals surface area contributed by atoms with Crippen molar-refractivity contribution in [1.82, 2.24) is 20.2 Å². The van der Waals surface area contributed by atoms with Crippen LogP contribution in [0.15, 0.2) is 30.7 Å². The normalized spacial score (nSPS) is 18.3. The van der Waals surface area contributed by atoms with Crippen LogP contribution in [0.4, 0.5) is 10.2 Å². The SMILES string of the molecule is C[C@H]1Cc2[nH]ncc2CN(c2ncnc3c(F)cccc23)C1. The number of aromatic nitrogens is 4. The van der Waals surface area contributed by atoms with Crippen LogP contribution in [0.25, 0.3) is 10.9 Å². The smallest absolute Gasteiger partial charge is 0.149 e. The molecule has 6 heteroatoms. The third kappa shape index (κ3) is 2.11. The van der Waals surface area contributed by atoms with Gasteiger partial charge >= 0.3 is 0 Å². The summed E-state index contributed by atoms with van der Waals surface area (Å²) in [5.74, 6) is 0.929. The van der Waals surface area contributed by atoms with Gasteiger partial charge in [0.2, 0.25) is 0 Å². The Labute approximate surface area is 127 Å². The predicted molar refractivity (Wildman–Crippen MR) is 82.0 cm³/mol. The molecule has 4 rings (SSSR count). The fraction of sp³-hybridized carbons (Fsp3) is 0.312. The largest absolute Gasteiger partial charge is 0.351 e. The molecule has 0 bridgehead atoms. The molecule has 2 aromatic heterocycles. The number of nitrogens with zero attached hydrogens (tertiary/aromatic N) is 4. The van der Waals surface area contributed by atoms with Crippen molar-refractivity contribution in [2.24, 2.45) is 5.92 Å². The number of hydrogen-bond acceptors (Lipinski definition) is 4. The number of fused-ring (bicyclic) bond motifs is 2. The minimum atomic E-state index is -0.312. The number of nitrogens with one attached hydrogen (secondary N) is 1. The summed E-state index contributed by atoms with van der Waals surface area (Å²) in [4.78, 5) is 10.7. The van der Waals surface area contributed by atoms with E-state index < -0.39 is 0 Å². The number of halogens is 1. The van der Waals surface area contributed by atoms with Gasteiger partial charge in [-0.25, -0.2) is 14.4 Å². The van der Waals surface area contributed by atoms with E-state index >= 15 is 0 Å². The van der Waals surface area contributed by atoms with Gasteiger partial charge in [-0.3, -0.25) is 5.10 Å². The molecule has 0 spiro atoms. The molecule has 0 aliphatic carbocycles. The summed E-state index contributed by atoms with van der Waals surface area (Å²) in [5, 5.41) is 7.97. The minimum Gasteiger partial charge on any atom is -0.351 e. The lowest BCUT2D eigenvalue weighted by atomic mass is 10.1. The van der Waals surface area contributed by atoms with Gasteiger partial charge in [-0.15, -0.1) is 0 Å². The molecule has 0 saturated carbocycles. The van der Waals surface area contributed by atoms with Gasteiger partial charge in [-0.1, -0.05) is 13.0 Å². The Bertz CT molecular complexity index is 828. The molecular weight excluding hydrogens is 281 g/mol. The third-order valence-electron chi connectivity index (χ3n) is 4.15. The average molecular weight is 297 g/mol. The Morgan fingerprint density at radius 2 is 2.23 bits per heavy atom. The van der Waals surface area contributed by atoms with Crippen LogP contribution >= 0.6 is 0 Å². The first-order chi connectivity index (χ1) is 10.7. The maximum atomic E-state index is 14.0. The summed E-state index contributed by atoms with van der Waals surface area (Å²) in [6.07, 6.45) is 4.26. The Morgan fingerprint density at radius 1 is 1.32 bits per heavy atom. The molecule has 1 aliphatic rings. The number of aromatic amines is 1. The van der Waals surface area contributed by atoms with E-state index in [2.05, 4.69) is 32.0 Å². The maximum Gasteiger partial charge on any atom is 0.149 e. The molecule has 1 atom stereocenters. The second-order valence-electron chi connectivity index (χ2n) is 5.90. The Hall–Kier alpha value is -2.50. The van der Waals surface area contributed by atoms with E-state index in [1.807, 2.05) is 12.3 Å². The molecule has 112 valence electrons. The van der Waals surface area contributed by atoms with Gasteiger partial charge in [-0.2, -0.15) is 5.10 Å². The number of rotatable bonds is 1. The highest BCUT2D eigenvalue weighted by Gasteiger charge is 2.23. The molecule has 22 heavy (non-hydrogen) atoms. The molecule has 0 radical (unpaired) electrons. The predicted octanol–water partition coefficient (Wildman–Crippen LogP) is 2.69. The van der Waals surface area contributed by atoms with Crippen molar-refractivity contribution in [1.29, 1.82) is 0 Å². The number of benzene rings is 1. The minimum absolute atomic E-state index is 0.312. The van der Waals surface area contributed by atoms with Gasteiger partial charge in [0.1, 0.15) is 23.5 Å². The molecule has 1 aromatic carbocycles. The molecule has 0 unspecified atom stereocenters. The van der Waals surface area contributed by atoms with Gasteiger partial charge in [0, 0.05) is 29.7 Å². The van der Waals surface area contributed by atoms with E-state index in [1.54, 1.807) is 6.07 Å². The highest BCUT2D eigenvalue weighted by Crippen LogP contribution is 2.29. The molecule has 0 amide bonds. The van der Waals surface area contributed by atoms with E-state index in [0.29, 0.717) is 11.4 Å². The zero-order chi connectivity index (χ0) is 15.1. The lowest BCUT2D eigenvalue weighted by Gasteiger charge is -2.25. The van der Waals surface area contributed by atoms with Crippen molar-refractivity contribution >= 4 is 16.7 Å². The van der Waals surface area contributed by atoms with Crippen molar-refractivity contribution in [2.45, 2.75) is 19.9 Å². The second kappa shape index (κ2) is 5.05. The number of para-hydroxylation sites is 1. The fourth-order valence-electron chi connectivity index (χ4n) is 3.16. The summed E-state index contributed by atoms with van der Waals surface area (Å²) >= 11 is 0. The monoisotopic (exact) mass is 297 g/mol. The van der Waals surface area contributed by atoms with E-state index in [0.717, 1.165) is 30.7 Å². The highest BCUT2D eigenvalue weighted by atomic mass is 19.1. The third-order valence-corrected chi connectivity index (χ3v) is 4.15. The first-order valence-corrected chi connectivity index (χ1v) is 7.37. The van der Waals surface area contributed by atoms with E-state index in [-0.39, 0.29) is 5.82 Å². The van der Waals surface area contributed by atoms with Crippen molar-refractivity contribution in [2.75, 3.05) is 11.4 Å². The standard InChI is InChI=1S/C16H16FN5/c1-10-5-14-11(6-20-21-14)8-22(7-10)16-12-3-2-4-13(17)15(12)18-9-19-16/h2-4,6,9-10H,5,7-8H2,1H3,(H,20,21)/t10-/m0/s1. The fourth-order valence-corrected chi connectivity index (χ4v) is 3.16. The summed E-state index contributed by atoms with van der Waals surface area (Å²) in [7, 11) is 0. The van der Waals surface area contributed by atoms with E-state index in [9.17, 15) is 4.39 Å². The molecule has 1 aliphatic heterocycles. The molecule has 0 fully saturated rings. The van der Waals surface area contributed by atoms with Gasteiger partial charge in [0.25, 0.3) is 0 Å². The Morgan fingerprint density at radius 3 is 3.14 bits per heavy atom. The average Bonchev–Trinajstić information content (AvgIpc) is 2.87. The van der Waals surface area contributed by atoms with Gasteiger partial charge in [-0.05, 0) is 24.5 Å². The number of H-pyrrole nitrogens is 1. The Balaban J connectivity index is 1.83. The molecular formula is C16H16FN5. The van der Waals surface area contributed by atoms with Crippen LogP contribution in [-0.2, 0) is 13.0 Å². The van der Waals surface area contributed by atoms with Crippen LogP contribution < -0.4 is 4.90 Å². The first kappa shape index (κ1) is 13.2. The lowest BCUT2D eigenvalue weighted by molar-refractivity contribution is 0.566. The summed E-state index contributed by atoms with van der Waals surface area (Å²) in [6, 6.07) is 5.01. The molecule has 0 saturated heterocycles. The van der Waals surface area contributed by atoms with Crippen molar-refractivity contribution in [3.8, 4) is 0 Å². The quantitative estimate of drug-likeness (QED) is 0.750. The van der Waals surface area contributed by atoms with E-state index in [4.69, 9.17) is 0 Å². The topological polar surface area (TPSA) is 57.7 Å². The zero-order valence-corrected chi connectivity index (χ0v) is 12.3. The zero-order valence-electron chi connectivity index (χ0n) is 12.3. The van der Waals surface area contributed by atoms with Gasteiger partial charge in [0.15, 0.2) is 0 Å². The van der Waals surface area contributed by atoms with Crippen LogP contribution in [-0.4, -0.2) is 26.7 Å². The first-order valence-electron chi connectivity index (χ1n) is 7.37. The van der Waals surface area contributed by atoms with Crippen LogP contribution in [0, 0.1) is 11.7 Å². The summed E-state index contributed by atoms with van der Waals surface area (Å²) in [6.45, 7) is 3.79. The summed E-state index contributed by atoms with van der Waals surface area (Å²) in [5.41, 5.74) is 2.73. The van der Waals surface area contributed by atoms with Gasteiger partial charge in [0.05, 0.1) is 6.20 Å². The van der Waals surface area contributed by atoms with Crippen LogP contribution in [0.3, 0.4) is 0 Å². The Kier molecular flexibility index (Phi) is 3.03. The highest BCUT2D eigenvalue weighted by molar-refractivity contribution is 5.89. The molecule has 3 heterocycles. The lowest BCUT2D eigenvalue weighted by Crippen LogP contribution is -2.27. The van der Waals surface area contributed by atoms with Crippen LogP contribution in [0.1, 0.15) is 18.2 Å².